The van der Waals surface area contributed by atoms with E-state index in [4.69, 9.17) is 0 Å². The van der Waals surface area contributed by atoms with Crippen molar-refractivity contribution in [2.24, 2.45) is 5.92 Å². The highest BCUT2D eigenvalue weighted by Crippen LogP contribution is 2.32. The van der Waals surface area contributed by atoms with Crippen LogP contribution >= 0.6 is 0 Å². The topological polar surface area (TPSA) is 95.6 Å². The zero-order valence-electron chi connectivity index (χ0n) is 14.4. The van der Waals surface area contributed by atoms with Crippen LogP contribution in [0.2, 0.25) is 0 Å². The fraction of sp³-hybridized carbons (Fsp3) is 0.529. The van der Waals surface area contributed by atoms with Gasteiger partial charge in [0, 0.05) is 18.2 Å². The maximum absolute atomic E-state index is 12.6. The number of hydrogen-bond donors (Lipinski definition) is 2. The Morgan fingerprint density at radius 2 is 2.16 bits per heavy atom. The summed E-state index contributed by atoms with van der Waals surface area (Å²) >= 11 is 0. The molecular weight excluding hydrogens is 342 g/mol. The lowest BCUT2D eigenvalue weighted by Crippen LogP contribution is -2.36. The van der Waals surface area contributed by atoms with Gasteiger partial charge in [-0.05, 0) is 63.9 Å². The van der Waals surface area contributed by atoms with Crippen LogP contribution in [0.1, 0.15) is 47.4 Å². The summed E-state index contributed by atoms with van der Waals surface area (Å²) in [6.07, 6.45) is 2.00. The zero-order chi connectivity index (χ0) is 18.2. The molecular formula is C17H23N3O4S. The third-order valence-corrected chi connectivity index (χ3v) is 6.68. The molecule has 2 aliphatic heterocycles. The van der Waals surface area contributed by atoms with Crippen LogP contribution in [0.25, 0.3) is 0 Å². The molecule has 0 radical (unpaired) electrons. The molecule has 2 aliphatic rings. The molecule has 2 N–H and O–H groups in total. The van der Waals surface area contributed by atoms with Crippen molar-refractivity contribution in [1.82, 2.24) is 14.9 Å². The second-order valence-electron chi connectivity index (χ2n) is 6.81. The van der Waals surface area contributed by atoms with Crippen molar-refractivity contribution in [1.29, 1.82) is 0 Å². The summed E-state index contributed by atoms with van der Waals surface area (Å²) in [5.74, 6) is -0.289. The summed E-state index contributed by atoms with van der Waals surface area (Å²) in [6, 6.07) is 3.76. The van der Waals surface area contributed by atoms with Gasteiger partial charge in [-0.3, -0.25) is 9.59 Å². The number of amides is 2. The largest absolute Gasteiger partial charge is 0.352 e. The lowest BCUT2D eigenvalue weighted by atomic mass is 10.1. The van der Waals surface area contributed by atoms with Crippen molar-refractivity contribution in [3.8, 4) is 0 Å². The van der Waals surface area contributed by atoms with Crippen molar-refractivity contribution >= 4 is 21.8 Å². The van der Waals surface area contributed by atoms with E-state index in [9.17, 15) is 18.0 Å². The number of nitrogens with zero attached hydrogens (tertiary/aromatic N) is 1. The molecule has 1 unspecified atom stereocenters. The van der Waals surface area contributed by atoms with Gasteiger partial charge in [0.25, 0.3) is 21.8 Å². The van der Waals surface area contributed by atoms with Crippen molar-refractivity contribution < 1.29 is 18.0 Å². The van der Waals surface area contributed by atoms with Crippen molar-refractivity contribution in [3.05, 3.63) is 29.3 Å². The van der Waals surface area contributed by atoms with Crippen LogP contribution < -0.4 is 10.6 Å². The lowest BCUT2D eigenvalue weighted by molar-refractivity contribution is 0.0845. The Morgan fingerprint density at radius 1 is 1.40 bits per heavy atom. The minimum atomic E-state index is -3.89. The van der Waals surface area contributed by atoms with Crippen LogP contribution in [0.15, 0.2) is 23.1 Å². The quantitative estimate of drug-likeness (QED) is 0.811. The van der Waals surface area contributed by atoms with Gasteiger partial charge in [0.1, 0.15) is 4.90 Å². The molecule has 1 aromatic rings. The Labute approximate surface area is 147 Å². The lowest BCUT2D eigenvalue weighted by Gasteiger charge is -2.18. The van der Waals surface area contributed by atoms with Crippen LogP contribution in [-0.2, 0) is 10.0 Å². The number of nitrogens with one attached hydrogen (secondary N) is 2. The molecule has 8 heteroatoms. The van der Waals surface area contributed by atoms with E-state index < -0.39 is 22.0 Å². The highest BCUT2D eigenvalue weighted by molar-refractivity contribution is 7.90. The van der Waals surface area contributed by atoms with Crippen molar-refractivity contribution in [2.75, 3.05) is 19.6 Å². The van der Waals surface area contributed by atoms with Gasteiger partial charge in [-0.25, -0.2) is 12.7 Å². The van der Waals surface area contributed by atoms with E-state index in [1.165, 1.54) is 18.2 Å². The van der Waals surface area contributed by atoms with Gasteiger partial charge in [-0.1, -0.05) is 0 Å². The summed E-state index contributed by atoms with van der Waals surface area (Å²) in [6.45, 7) is 5.83. The van der Waals surface area contributed by atoms with Crippen LogP contribution in [0.3, 0.4) is 0 Å². The average molecular weight is 365 g/mol. The third-order valence-electron chi connectivity index (χ3n) is 4.68. The Hall–Kier alpha value is -1.93. The minimum absolute atomic E-state index is 0.0844. The monoisotopic (exact) mass is 365 g/mol. The van der Waals surface area contributed by atoms with Gasteiger partial charge in [0.05, 0.1) is 5.56 Å². The number of fused-ring (bicyclic) bond motifs is 1. The predicted octanol–water partition coefficient (Wildman–Crippen LogP) is 0.969. The highest BCUT2D eigenvalue weighted by atomic mass is 32.2. The SMILES string of the molecule is CC(C)N1C(=O)c2ccc(C(=O)NCCC3CCNC3)cc2S1(=O)=O. The Bertz CT molecular complexity index is 798. The Morgan fingerprint density at radius 3 is 2.80 bits per heavy atom. The van der Waals surface area contributed by atoms with E-state index >= 15 is 0 Å². The molecule has 1 atom stereocenters. The summed E-state index contributed by atoms with van der Waals surface area (Å²) in [4.78, 5) is 24.5. The fourth-order valence-corrected chi connectivity index (χ4v) is 5.15. The zero-order valence-corrected chi connectivity index (χ0v) is 15.2. The number of benzene rings is 1. The predicted molar refractivity (Wildman–Crippen MR) is 92.9 cm³/mol. The fourth-order valence-electron chi connectivity index (χ4n) is 3.35. The molecule has 3 rings (SSSR count). The van der Waals surface area contributed by atoms with E-state index in [1.54, 1.807) is 13.8 Å². The summed E-state index contributed by atoms with van der Waals surface area (Å²) < 4.78 is 26.0. The molecule has 7 nitrogen and oxygen atoms in total. The van der Waals surface area contributed by atoms with Gasteiger partial charge in [0.15, 0.2) is 0 Å². The first kappa shape index (κ1) is 17.9. The van der Waals surface area contributed by atoms with E-state index in [0.717, 1.165) is 30.2 Å². The normalized spacial score (nSPS) is 21.6. The number of sulfonamides is 1. The molecule has 0 aromatic heterocycles. The molecule has 0 aliphatic carbocycles. The average Bonchev–Trinajstić information content (AvgIpc) is 3.12. The van der Waals surface area contributed by atoms with Crippen molar-refractivity contribution in [2.45, 2.75) is 37.6 Å². The minimum Gasteiger partial charge on any atom is -0.352 e. The van der Waals surface area contributed by atoms with Crippen LogP contribution in [-0.4, -0.2) is 50.2 Å². The molecule has 1 fully saturated rings. The molecule has 1 aromatic carbocycles. The van der Waals surface area contributed by atoms with Gasteiger partial charge in [-0.2, -0.15) is 0 Å². The molecule has 25 heavy (non-hydrogen) atoms. The Balaban J connectivity index is 1.74. The molecule has 0 spiro atoms. The van der Waals surface area contributed by atoms with E-state index in [1.807, 2.05) is 0 Å². The van der Waals surface area contributed by atoms with Crippen LogP contribution in [0.4, 0.5) is 0 Å². The molecule has 136 valence electrons. The molecule has 0 bridgehead atoms. The molecule has 0 saturated carbocycles. The van der Waals surface area contributed by atoms with Gasteiger partial charge in [-0.15, -0.1) is 0 Å². The molecule has 1 saturated heterocycles. The summed E-state index contributed by atoms with van der Waals surface area (Å²) in [5.41, 5.74) is 0.382. The number of rotatable bonds is 5. The van der Waals surface area contributed by atoms with Gasteiger partial charge in [0.2, 0.25) is 0 Å². The molecule has 2 heterocycles. The second kappa shape index (κ2) is 6.76. The van der Waals surface area contributed by atoms with Crippen LogP contribution in [0, 0.1) is 5.92 Å². The first-order valence-corrected chi connectivity index (χ1v) is 9.98. The third kappa shape index (κ3) is 3.28. The summed E-state index contributed by atoms with van der Waals surface area (Å²) in [5, 5.41) is 6.11. The van der Waals surface area contributed by atoms with Gasteiger partial charge < -0.3 is 10.6 Å². The van der Waals surface area contributed by atoms with Crippen molar-refractivity contribution in [3.63, 3.8) is 0 Å². The first-order chi connectivity index (χ1) is 11.8. The smallest absolute Gasteiger partial charge is 0.269 e. The van der Waals surface area contributed by atoms with E-state index in [2.05, 4.69) is 10.6 Å². The maximum atomic E-state index is 12.6. The van der Waals surface area contributed by atoms with E-state index in [0.29, 0.717) is 12.5 Å². The highest BCUT2D eigenvalue weighted by Gasteiger charge is 2.42. The Kier molecular flexibility index (Phi) is 4.83. The van der Waals surface area contributed by atoms with E-state index in [-0.39, 0.29) is 21.9 Å². The first-order valence-electron chi connectivity index (χ1n) is 8.54. The summed E-state index contributed by atoms with van der Waals surface area (Å²) in [7, 11) is -3.89. The molecule has 2 amide bonds. The van der Waals surface area contributed by atoms with Crippen LogP contribution in [0.5, 0.6) is 0 Å². The van der Waals surface area contributed by atoms with Gasteiger partial charge >= 0.3 is 0 Å². The maximum Gasteiger partial charge on any atom is 0.269 e. The second-order valence-corrected chi connectivity index (χ2v) is 8.60. The number of carbonyl (C=O) groups is 2. The standard InChI is InChI=1S/C17H23N3O4S/c1-11(2)20-17(22)14-4-3-13(9-15(14)25(20,23)24)16(21)19-8-6-12-5-7-18-10-12/h3-4,9,11-12,18H,5-8,10H2,1-2H3,(H,19,21). The number of hydrogen-bond acceptors (Lipinski definition) is 5. The number of carbonyl (C=O) groups excluding carboxylic acids is 2.